The Morgan fingerprint density at radius 1 is 1.33 bits per heavy atom. The van der Waals surface area contributed by atoms with Crippen LogP contribution in [0.1, 0.15) is 64.0 Å². The van der Waals surface area contributed by atoms with Gasteiger partial charge >= 0.3 is 0 Å². The Hall–Kier alpha value is -0.830. The molecular weight excluding hydrogens is 222 g/mol. The number of aromatic nitrogens is 2. The zero-order chi connectivity index (χ0) is 12.8. The van der Waals surface area contributed by atoms with Gasteiger partial charge in [0.1, 0.15) is 0 Å². The van der Waals surface area contributed by atoms with Crippen molar-refractivity contribution in [3.63, 3.8) is 0 Å². The number of nitrogens with one attached hydrogen (secondary N) is 1. The quantitative estimate of drug-likeness (QED) is 0.836. The molecule has 0 saturated heterocycles. The number of nitrogens with zero attached hydrogens (tertiary/aromatic N) is 2. The van der Waals surface area contributed by atoms with Crippen LogP contribution in [0.4, 0.5) is 0 Å². The first-order valence-corrected chi connectivity index (χ1v) is 7.60. The van der Waals surface area contributed by atoms with Crippen molar-refractivity contribution >= 4 is 0 Å². The monoisotopic (exact) mass is 249 g/mol. The van der Waals surface area contributed by atoms with Crippen molar-refractivity contribution in [2.45, 2.75) is 65.0 Å². The molecule has 0 aliphatic heterocycles. The molecule has 3 nitrogen and oxygen atoms in total. The van der Waals surface area contributed by atoms with Gasteiger partial charge in [-0.05, 0) is 38.6 Å². The van der Waals surface area contributed by atoms with Gasteiger partial charge in [0.15, 0.2) is 0 Å². The maximum Gasteiger partial charge on any atom is 0.0537 e. The van der Waals surface area contributed by atoms with Crippen LogP contribution < -0.4 is 5.32 Å². The Labute approximate surface area is 111 Å². The minimum Gasteiger partial charge on any atom is -0.310 e. The number of hydrogen-bond donors (Lipinski definition) is 1. The minimum atomic E-state index is 0.519. The standard InChI is InChI=1S/C15H27N3/c1-3-10-16-15(13-8-6-5-7-9-13)14-11-17-18(4-2)12-14/h11-13,15-16H,3-10H2,1-2H3. The van der Waals surface area contributed by atoms with Gasteiger partial charge in [0.25, 0.3) is 0 Å². The van der Waals surface area contributed by atoms with Crippen molar-refractivity contribution < 1.29 is 0 Å². The van der Waals surface area contributed by atoms with Crippen LogP contribution >= 0.6 is 0 Å². The van der Waals surface area contributed by atoms with Gasteiger partial charge < -0.3 is 5.32 Å². The first-order chi connectivity index (χ1) is 8.85. The highest BCUT2D eigenvalue weighted by molar-refractivity contribution is 5.12. The molecule has 1 aromatic rings. The second-order valence-corrected chi connectivity index (χ2v) is 5.46. The Morgan fingerprint density at radius 3 is 2.72 bits per heavy atom. The molecule has 1 aliphatic rings. The first-order valence-electron chi connectivity index (χ1n) is 7.60. The van der Waals surface area contributed by atoms with E-state index in [9.17, 15) is 0 Å². The van der Waals surface area contributed by atoms with Crippen molar-refractivity contribution in [3.05, 3.63) is 18.0 Å². The van der Waals surface area contributed by atoms with Crippen molar-refractivity contribution in [1.29, 1.82) is 0 Å². The van der Waals surface area contributed by atoms with Gasteiger partial charge in [0.2, 0.25) is 0 Å². The third-order valence-corrected chi connectivity index (χ3v) is 4.07. The molecule has 1 unspecified atom stereocenters. The molecule has 0 spiro atoms. The summed E-state index contributed by atoms with van der Waals surface area (Å²) in [5, 5.41) is 8.17. The lowest BCUT2D eigenvalue weighted by molar-refractivity contribution is 0.272. The van der Waals surface area contributed by atoms with Crippen molar-refractivity contribution in [1.82, 2.24) is 15.1 Å². The smallest absolute Gasteiger partial charge is 0.0537 e. The maximum atomic E-state index is 4.44. The summed E-state index contributed by atoms with van der Waals surface area (Å²) < 4.78 is 2.04. The van der Waals surface area contributed by atoms with Gasteiger partial charge in [-0.2, -0.15) is 5.10 Å². The summed E-state index contributed by atoms with van der Waals surface area (Å²) in [6, 6.07) is 0.519. The molecule has 1 N–H and O–H groups in total. The van der Waals surface area contributed by atoms with Crippen molar-refractivity contribution in [2.75, 3.05) is 6.54 Å². The Morgan fingerprint density at radius 2 is 2.11 bits per heavy atom. The van der Waals surface area contributed by atoms with E-state index in [1.807, 2.05) is 4.68 Å². The van der Waals surface area contributed by atoms with Crippen LogP contribution in [-0.4, -0.2) is 16.3 Å². The predicted octanol–water partition coefficient (Wildman–Crippen LogP) is 3.52. The van der Waals surface area contributed by atoms with E-state index in [0.717, 1.165) is 19.0 Å². The molecule has 0 bridgehead atoms. The zero-order valence-electron chi connectivity index (χ0n) is 11.9. The van der Waals surface area contributed by atoms with Gasteiger partial charge in [0, 0.05) is 24.3 Å². The number of hydrogen-bond acceptors (Lipinski definition) is 2. The normalized spacial score (nSPS) is 19.0. The van der Waals surface area contributed by atoms with Crippen LogP contribution in [-0.2, 0) is 6.54 Å². The van der Waals surface area contributed by atoms with E-state index in [-0.39, 0.29) is 0 Å². The fraction of sp³-hybridized carbons (Fsp3) is 0.800. The summed E-state index contributed by atoms with van der Waals surface area (Å²) in [6.45, 7) is 6.45. The van der Waals surface area contributed by atoms with Crippen LogP contribution in [0, 0.1) is 5.92 Å². The molecule has 102 valence electrons. The van der Waals surface area contributed by atoms with Gasteiger partial charge in [0.05, 0.1) is 6.20 Å². The molecule has 1 atom stereocenters. The molecule has 0 amide bonds. The van der Waals surface area contributed by atoms with E-state index in [1.54, 1.807) is 0 Å². The summed E-state index contributed by atoms with van der Waals surface area (Å²) in [4.78, 5) is 0. The van der Waals surface area contributed by atoms with E-state index in [2.05, 4.69) is 36.7 Å². The predicted molar refractivity (Wildman–Crippen MR) is 75.5 cm³/mol. The van der Waals surface area contributed by atoms with E-state index < -0.39 is 0 Å². The molecular formula is C15H27N3. The molecule has 1 saturated carbocycles. The first kappa shape index (κ1) is 13.6. The molecule has 0 radical (unpaired) electrons. The fourth-order valence-corrected chi connectivity index (χ4v) is 3.04. The second kappa shape index (κ2) is 6.93. The van der Waals surface area contributed by atoms with Crippen LogP contribution in [0.25, 0.3) is 0 Å². The minimum absolute atomic E-state index is 0.519. The zero-order valence-corrected chi connectivity index (χ0v) is 11.9. The fourth-order valence-electron chi connectivity index (χ4n) is 3.04. The number of rotatable bonds is 6. The molecule has 1 fully saturated rings. The second-order valence-electron chi connectivity index (χ2n) is 5.46. The maximum absolute atomic E-state index is 4.44. The summed E-state index contributed by atoms with van der Waals surface area (Å²) in [5.74, 6) is 0.805. The number of aryl methyl sites for hydroxylation is 1. The SMILES string of the molecule is CCCNC(c1cnn(CC)c1)C1CCCCC1. The topological polar surface area (TPSA) is 29.9 Å². The highest BCUT2D eigenvalue weighted by Crippen LogP contribution is 2.34. The molecule has 1 aliphatic carbocycles. The van der Waals surface area contributed by atoms with Crippen molar-refractivity contribution in [3.8, 4) is 0 Å². The van der Waals surface area contributed by atoms with Crippen LogP contribution in [0.2, 0.25) is 0 Å². The third kappa shape index (κ3) is 3.35. The molecule has 18 heavy (non-hydrogen) atoms. The highest BCUT2D eigenvalue weighted by Gasteiger charge is 2.25. The van der Waals surface area contributed by atoms with Crippen molar-refractivity contribution in [2.24, 2.45) is 5.92 Å². The lowest BCUT2D eigenvalue weighted by Gasteiger charge is -2.30. The summed E-state index contributed by atoms with van der Waals surface area (Å²) in [7, 11) is 0. The van der Waals surface area contributed by atoms with Crippen LogP contribution in [0.3, 0.4) is 0 Å². The average Bonchev–Trinajstić information content (AvgIpc) is 2.89. The third-order valence-electron chi connectivity index (χ3n) is 4.07. The lowest BCUT2D eigenvalue weighted by atomic mass is 9.82. The Bertz CT molecular complexity index is 339. The largest absolute Gasteiger partial charge is 0.310 e. The van der Waals surface area contributed by atoms with Crippen LogP contribution in [0.5, 0.6) is 0 Å². The lowest BCUT2D eigenvalue weighted by Crippen LogP contribution is -2.30. The van der Waals surface area contributed by atoms with Gasteiger partial charge in [-0.1, -0.05) is 26.2 Å². The average molecular weight is 249 g/mol. The summed E-state index contributed by atoms with van der Waals surface area (Å²) in [5.41, 5.74) is 1.39. The summed E-state index contributed by atoms with van der Waals surface area (Å²) >= 11 is 0. The Balaban J connectivity index is 2.07. The van der Waals surface area contributed by atoms with Gasteiger partial charge in [-0.25, -0.2) is 0 Å². The van der Waals surface area contributed by atoms with E-state index in [4.69, 9.17) is 0 Å². The van der Waals surface area contributed by atoms with Gasteiger partial charge in [-0.3, -0.25) is 4.68 Å². The molecule has 0 aromatic carbocycles. The van der Waals surface area contributed by atoms with E-state index >= 15 is 0 Å². The summed E-state index contributed by atoms with van der Waals surface area (Å²) in [6.07, 6.45) is 12.5. The Kier molecular flexibility index (Phi) is 5.24. The highest BCUT2D eigenvalue weighted by atomic mass is 15.3. The molecule has 1 aromatic heterocycles. The van der Waals surface area contributed by atoms with Gasteiger partial charge in [-0.15, -0.1) is 0 Å². The molecule has 3 heteroatoms. The van der Waals surface area contributed by atoms with E-state index in [1.165, 1.54) is 44.1 Å². The van der Waals surface area contributed by atoms with E-state index in [0.29, 0.717) is 6.04 Å². The van der Waals surface area contributed by atoms with Crippen LogP contribution in [0.15, 0.2) is 12.4 Å². The molecule has 1 heterocycles. The molecule has 2 rings (SSSR count).